The summed E-state index contributed by atoms with van der Waals surface area (Å²) in [4.78, 5) is 25.7. The van der Waals surface area contributed by atoms with E-state index in [-0.39, 0.29) is 18.6 Å². The topological polar surface area (TPSA) is 67.4 Å². The second-order valence-corrected chi connectivity index (χ2v) is 7.51. The van der Waals surface area contributed by atoms with E-state index in [4.69, 9.17) is 4.74 Å². The lowest BCUT2D eigenvalue weighted by Crippen LogP contribution is -2.39. The van der Waals surface area contributed by atoms with Crippen molar-refractivity contribution in [2.75, 3.05) is 18.5 Å². The van der Waals surface area contributed by atoms with E-state index in [1.165, 1.54) is 11.3 Å². The Hall–Kier alpha value is -2.18. The zero-order valence-corrected chi connectivity index (χ0v) is 16.5. The number of thiophene rings is 1. The number of amides is 1. The SMILES string of the molecule is CCOC(=O)c1cc(-c2ccccc2)sc1NC(=O)[C@@H](C)NCC(C)C. The maximum absolute atomic E-state index is 12.5. The lowest BCUT2D eigenvalue weighted by Gasteiger charge is -2.15. The molecular formula is C20H26N2O3S. The van der Waals surface area contributed by atoms with Crippen LogP contribution in [0.1, 0.15) is 38.1 Å². The molecule has 0 unspecified atom stereocenters. The first-order chi connectivity index (χ1) is 12.4. The summed E-state index contributed by atoms with van der Waals surface area (Å²) in [6.45, 7) is 8.78. The number of rotatable bonds is 8. The zero-order valence-electron chi connectivity index (χ0n) is 15.7. The van der Waals surface area contributed by atoms with E-state index in [1.807, 2.05) is 37.3 Å². The van der Waals surface area contributed by atoms with Crippen LogP contribution in [0.3, 0.4) is 0 Å². The van der Waals surface area contributed by atoms with Gasteiger partial charge in [-0.25, -0.2) is 4.79 Å². The highest BCUT2D eigenvalue weighted by Crippen LogP contribution is 2.36. The van der Waals surface area contributed by atoms with Crippen LogP contribution in [0.4, 0.5) is 5.00 Å². The normalized spacial score (nSPS) is 12.0. The molecule has 1 amide bonds. The molecule has 0 spiro atoms. The molecule has 140 valence electrons. The molecule has 0 aliphatic carbocycles. The second kappa shape index (κ2) is 9.50. The number of carbonyl (C=O) groups is 2. The molecule has 2 rings (SSSR count). The molecule has 5 nitrogen and oxygen atoms in total. The van der Waals surface area contributed by atoms with E-state index in [0.717, 1.165) is 17.0 Å². The molecule has 1 atom stereocenters. The average Bonchev–Trinajstić information content (AvgIpc) is 3.04. The van der Waals surface area contributed by atoms with Gasteiger partial charge in [0.2, 0.25) is 5.91 Å². The first-order valence-corrected chi connectivity index (χ1v) is 9.64. The number of anilines is 1. The molecule has 26 heavy (non-hydrogen) atoms. The van der Waals surface area contributed by atoms with Gasteiger partial charge in [0, 0.05) is 4.88 Å². The van der Waals surface area contributed by atoms with Gasteiger partial charge in [-0.15, -0.1) is 11.3 Å². The van der Waals surface area contributed by atoms with Crippen molar-refractivity contribution in [2.24, 2.45) is 5.92 Å². The fourth-order valence-electron chi connectivity index (χ4n) is 2.31. The van der Waals surface area contributed by atoms with Crippen LogP contribution in [0.5, 0.6) is 0 Å². The number of esters is 1. The number of ether oxygens (including phenoxy) is 1. The van der Waals surface area contributed by atoms with Crippen molar-refractivity contribution in [3.63, 3.8) is 0 Å². The lowest BCUT2D eigenvalue weighted by molar-refractivity contribution is -0.117. The van der Waals surface area contributed by atoms with E-state index < -0.39 is 5.97 Å². The van der Waals surface area contributed by atoms with E-state index >= 15 is 0 Å². The highest BCUT2D eigenvalue weighted by Gasteiger charge is 2.21. The maximum Gasteiger partial charge on any atom is 0.341 e. The highest BCUT2D eigenvalue weighted by molar-refractivity contribution is 7.20. The third kappa shape index (κ3) is 5.41. The van der Waals surface area contributed by atoms with E-state index in [1.54, 1.807) is 13.0 Å². The van der Waals surface area contributed by atoms with Crippen LogP contribution in [0.25, 0.3) is 10.4 Å². The Kier molecular flexibility index (Phi) is 7.36. The van der Waals surface area contributed by atoms with Crippen molar-refractivity contribution >= 4 is 28.2 Å². The quantitative estimate of drug-likeness (QED) is 0.681. The smallest absolute Gasteiger partial charge is 0.341 e. The summed E-state index contributed by atoms with van der Waals surface area (Å²) in [7, 11) is 0. The number of benzene rings is 1. The fraction of sp³-hybridized carbons (Fsp3) is 0.400. The van der Waals surface area contributed by atoms with Crippen molar-refractivity contribution in [3.05, 3.63) is 42.0 Å². The molecule has 0 saturated carbocycles. The van der Waals surface area contributed by atoms with Crippen LogP contribution in [0.2, 0.25) is 0 Å². The fourth-order valence-corrected chi connectivity index (χ4v) is 3.37. The summed E-state index contributed by atoms with van der Waals surface area (Å²) in [6.07, 6.45) is 0. The molecule has 0 bridgehead atoms. The summed E-state index contributed by atoms with van der Waals surface area (Å²) >= 11 is 1.38. The predicted octanol–water partition coefficient (Wildman–Crippen LogP) is 4.16. The Balaban J connectivity index is 2.23. The van der Waals surface area contributed by atoms with Crippen molar-refractivity contribution in [2.45, 2.75) is 33.7 Å². The van der Waals surface area contributed by atoms with Gasteiger partial charge in [-0.2, -0.15) is 0 Å². The zero-order chi connectivity index (χ0) is 19.1. The van der Waals surface area contributed by atoms with Crippen molar-refractivity contribution < 1.29 is 14.3 Å². The standard InChI is InChI=1S/C20H26N2O3S/c1-5-25-20(24)16-11-17(15-9-7-6-8-10-15)26-19(16)22-18(23)14(4)21-12-13(2)3/h6-11,13-14,21H,5,12H2,1-4H3,(H,22,23)/t14-/m1/s1. The van der Waals surface area contributed by atoms with Gasteiger partial charge in [-0.3, -0.25) is 4.79 Å². The van der Waals surface area contributed by atoms with E-state index in [0.29, 0.717) is 16.5 Å². The highest BCUT2D eigenvalue weighted by atomic mass is 32.1. The van der Waals surface area contributed by atoms with Gasteiger partial charge < -0.3 is 15.4 Å². The Morgan fingerprint density at radius 3 is 2.46 bits per heavy atom. The van der Waals surface area contributed by atoms with Crippen LogP contribution in [-0.2, 0) is 9.53 Å². The number of hydrogen-bond acceptors (Lipinski definition) is 5. The van der Waals surface area contributed by atoms with Gasteiger partial charge in [0.1, 0.15) is 5.00 Å². The number of nitrogens with one attached hydrogen (secondary N) is 2. The largest absolute Gasteiger partial charge is 0.462 e. The minimum atomic E-state index is -0.427. The summed E-state index contributed by atoms with van der Waals surface area (Å²) in [5.74, 6) is -0.145. The van der Waals surface area contributed by atoms with Gasteiger partial charge >= 0.3 is 5.97 Å². The van der Waals surface area contributed by atoms with Crippen LogP contribution >= 0.6 is 11.3 Å². The van der Waals surface area contributed by atoms with Gasteiger partial charge in [0.05, 0.1) is 18.2 Å². The molecule has 6 heteroatoms. The Morgan fingerprint density at radius 2 is 1.85 bits per heavy atom. The average molecular weight is 375 g/mol. The summed E-state index contributed by atoms with van der Waals surface area (Å²) < 4.78 is 5.14. The molecule has 0 aliphatic rings. The minimum Gasteiger partial charge on any atom is -0.462 e. The maximum atomic E-state index is 12.5. The Labute approximate surface area is 158 Å². The van der Waals surface area contributed by atoms with Crippen LogP contribution in [0, 0.1) is 5.92 Å². The monoisotopic (exact) mass is 374 g/mol. The van der Waals surface area contributed by atoms with Crippen molar-refractivity contribution in [3.8, 4) is 10.4 Å². The van der Waals surface area contributed by atoms with Gasteiger partial charge in [-0.05, 0) is 37.9 Å². The van der Waals surface area contributed by atoms with Crippen LogP contribution < -0.4 is 10.6 Å². The van der Waals surface area contributed by atoms with Crippen molar-refractivity contribution in [1.29, 1.82) is 0 Å². The third-order valence-electron chi connectivity index (χ3n) is 3.75. The Morgan fingerprint density at radius 1 is 1.15 bits per heavy atom. The van der Waals surface area contributed by atoms with Gasteiger partial charge in [0.25, 0.3) is 0 Å². The molecule has 1 heterocycles. The minimum absolute atomic E-state index is 0.169. The molecule has 2 N–H and O–H groups in total. The lowest BCUT2D eigenvalue weighted by atomic mass is 10.1. The van der Waals surface area contributed by atoms with E-state index in [2.05, 4.69) is 24.5 Å². The molecule has 1 aromatic carbocycles. The third-order valence-corrected chi connectivity index (χ3v) is 4.85. The van der Waals surface area contributed by atoms with Crippen LogP contribution in [0.15, 0.2) is 36.4 Å². The first-order valence-electron chi connectivity index (χ1n) is 8.83. The van der Waals surface area contributed by atoms with Crippen LogP contribution in [-0.4, -0.2) is 31.1 Å². The first kappa shape index (κ1) is 20.1. The molecule has 0 saturated heterocycles. The molecule has 2 aromatic rings. The van der Waals surface area contributed by atoms with E-state index in [9.17, 15) is 9.59 Å². The van der Waals surface area contributed by atoms with Gasteiger partial charge in [-0.1, -0.05) is 44.2 Å². The molecule has 0 fully saturated rings. The summed E-state index contributed by atoms with van der Waals surface area (Å²) in [5, 5.41) is 6.59. The molecule has 0 aliphatic heterocycles. The molecule has 1 aromatic heterocycles. The molecular weight excluding hydrogens is 348 g/mol. The molecule has 0 radical (unpaired) electrons. The van der Waals surface area contributed by atoms with Crippen molar-refractivity contribution in [1.82, 2.24) is 5.32 Å². The Bertz CT molecular complexity index is 741. The number of hydrogen-bond donors (Lipinski definition) is 2. The summed E-state index contributed by atoms with van der Waals surface area (Å²) in [6, 6.07) is 11.2. The second-order valence-electron chi connectivity index (χ2n) is 6.45. The number of carbonyl (C=O) groups excluding carboxylic acids is 2. The summed E-state index contributed by atoms with van der Waals surface area (Å²) in [5.41, 5.74) is 1.38. The predicted molar refractivity (Wildman–Crippen MR) is 107 cm³/mol. The van der Waals surface area contributed by atoms with Gasteiger partial charge in [0.15, 0.2) is 0 Å².